The van der Waals surface area contributed by atoms with Gasteiger partial charge in [-0.15, -0.1) is 0 Å². The van der Waals surface area contributed by atoms with Crippen LogP contribution in [0.5, 0.6) is 11.5 Å². The highest BCUT2D eigenvalue weighted by atomic mass is 32.2. The molecule has 0 N–H and O–H groups in total. The molecule has 0 aromatic heterocycles. The van der Waals surface area contributed by atoms with Gasteiger partial charge in [-0.05, 0) is 59.7 Å². The van der Waals surface area contributed by atoms with Gasteiger partial charge in [-0.2, -0.15) is 4.31 Å². The lowest BCUT2D eigenvalue weighted by Crippen LogP contribution is -2.40. The van der Waals surface area contributed by atoms with E-state index >= 15 is 0 Å². The second kappa shape index (κ2) is 9.89. The largest absolute Gasteiger partial charge is 0.486 e. The summed E-state index contributed by atoms with van der Waals surface area (Å²) in [5.41, 5.74) is 5.10. The first-order valence-corrected chi connectivity index (χ1v) is 14.1. The van der Waals surface area contributed by atoms with E-state index in [2.05, 4.69) is 12.1 Å². The van der Waals surface area contributed by atoms with Crippen molar-refractivity contribution in [3.63, 3.8) is 0 Å². The van der Waals surface area contributed by atoms with Crippen molar-refractivity contribution in [2.45, 2.75) is 24.2 Å². The van der Waals surface area contributed by atoms with Crippen molar-refractivity contribution in [2.75, 3.05) is 32.9 Å². The van der Waals surface area contributed by atoms with Crippen molar-refractivity contribution >= 4 is 21.8 Å². The first-order chi connectivity index (χ1) is 18.4. The molecule has 0 bridgehead atoms. The van der Waals surface area contributed by atoms with Crippen LogP contribution in [0.1, 0.15) is 34.3 Å². The van der Waals surface area contributed by atoms with Crippen molar-refractivity contribution in [1.82, 2.24) is 4.31 Å². The van der Waals surface area contributed by atoms with Crippen LogP contribution in [0.3, 0.4) is 0 Å². The van der Waals surface area contributed by atoms with E-state index in [9.17, 15) is 18.0 Å². The van der Waals surface area contributed by atoms with Gasteiger partial charge in [0.15, 0.2) is 23.9 Å². The van der Waals surface area contributed by atoms with E-state index < -0.39 is 21.9 Å². The number of hydrogen-bond donors (Lipinski definition) is 0. The Kier molecular flexibility index (Phi) is 6.41. The summed E-state index contributed by atoms with van der Waals surface area (Å²) < 4.78 is 44.0. The minimum absolute atomic E-state index is 0.130. The molecule has 0 unspecified atom stereocenters. The third kappa shape index (κ3) is 4.56. The fourth-order valence-corrected chi connectivity index (χ4v) is 6.79. The number of fused-ring (bicyclic) bond motifs is 4. The van der Waals surface area contributed by atoms with Crippen LogP contribution >= 0.6 is 0 Å². The first kappa shape index (κ1) is 24.6. The molecule has 0 atom stereocenters. The zero-order chi connectivity index (χ0) is 26.3. The van der Waals surface area contributed by atoms with Crippen LogP contribution in [-0.2, 0) is 26.0 Å². The highest BCUT2D eigenvalue weighted by molar-refractivity contribution is 7.89. The average Bonchev–Trinajstić information content (AvgIpc) is 3.33. The number of carbonyl (C=O) groups excluding carboxylic acids is 2. The zero-order valence-corrected chi connectivity index (χ0v) is 21.5. The van der Waals surface area contributed by atoms with Crippen molar-refractivity contribution in [3.8, 4) is 22.6 Å². The van der Waals surface area contributed by atoms with Gasteiger partial charge >= 0.3 is 5.97 Å². The van der Waals surface area contributed by atoms with E-state index in [1.54, 1.807) is 12.1 Å². The predicted octanol–water partition coefficient (Wildman–Crippen LogP) is 3.86. The molecule has 3 aromatic carbocycles. The molecular weight excluding hydrogens is 506 g/mol. The summed E-state index contributed by atoms with van der Waals surface area (Å²) >= 11 is 0. The third-order valence-electron chi connectivity index (χ3n) is 7.40. The molecule has 9 heteroatoms. The summed E-state index contributed by atoms with van der Waals surface area (Å²) in [4.78, 5) is 25.6. The molecule has 2 aliphatic heterocycles. The molecule has 0 saturated carbocycles. The van der Waals surface area contributed by atoms with E-state index in [0.29, 0.717) is 43.1 Å². The number of carbonyl (C=O) groups is 2. The predicted molar refractivity (Wildman–Crippen MR) is 139 cm³/mol. The molecule has 3 aromatic rings. The maximum absolute atomic E-state index is 13.1. The topological polar surface area (TPSA) is 99.2 Å². The normalized spacial score (nSPS) is 16.9. The lowest BCUT2D eigenvalue weighted by molar-refractivity contribution is -0.148. The Hall–Kier alpha value is -3.69. The van der Waals surface area contributed by atoms with Crippen LogP contribution < -0.4 is 9.47 Å². The number of nitrogens with zero attached hydrogens (tertiary/aromatic N) is 1. The second-order valence-corrected chi connectivity index (χ2v) is 11.7. The summed E-state index contributed by atoms with van der Waals surface area (Å²) in [6.45, 7) is 0.835. The second-order valence-electron chi connectivity index (χ2n) is 9.72. The number of ketones is 1. The van der Waals surface area contributed by atoms with Gasteiger partial charge in [0, 0.05) is 24.7 Å². The van der Waals surface area contributed by atoms with E-state index in [-0.39, 0.29) is 30.4 Å². The monoisotopic (exact) mass is 533 g/mol. The number of ether oxygens (including phenoxy) is 3. The van der Waals surface area contributed by atoms with Gasteiger partial charge in [-0.3, -0.25) is 9.59 Å². The Balaban J connectivity index is 1.04. The lowest BCUT2D eigenvalue weighted by atomic mass is 9.98. The van der Waals surface area contributed by atoms with Gasteiger partial charge in [0.2, 0.25) is 10.0 Å². The molecule has 0 spiro atoms. The molecule has 1 saturated heterocycles. The molecule has 3 aliphatic rings. The van der Waals surface area contributed by atoms with Crippen LogP contribution in [0.2, 0.25) is 0 Å². The Labute approximate surface area is 221 Å². The molecular formula is C29H27NO7S. The van der Waals surface area contributed by atoms with Crippen LogP contribution in [0, 0.1) is 5.92 Å². The number of benzene rings is 3. The lowest BCUT2D eigenvalue weighted by Gasteiger charge is -2.30. The van der Waals surface area contributed by atoms with Crippen LogP contribution in [0.15, 0.2) is 65.6 Å². The first-order valence-electron chi connectivity index (χ1n) is 12.7. The van der Waals surface area contributed by atoms with Crippen molar-refractivity contribution in [1.29, 1.82) is 0 Å². The molecule has 38 heavy (non-hydrogen) atoms. The fraction of sp³-hybridized carbons (Fsp3) is 0.310. The molecule has 6 rings (SSSR count). The van der Waals surface area contributed by atoms with Crippen LogP contribution in [-0.4, -0.2) is 57.4 Å². The summed E-state index contributed by atoms with van der Waals surface area (Å²) in [5.74, 6) is -0.254. The van der Waals surface area contributed by atoms with Crippen LogP contribution in [0.25, 0.3) is 11.1 Å². The average molecular weight is 534 g/mol. The van der Waals surface area contributed by atoms with E-state index in [4.69, 9.17) is 14.2 Å². The smallest absolute Gasteiger partial charge is 0.309 e. The molecule has 1 fully saturated rings. The Morgan fingerprint density at radius 1 is 0.868 bits per heavy atom. The highest BCUT2D eigenvalue weighted by Crippen LogP contribution is 2.37. The van der Waals surface area contributed by atoms with Gasteiger partial charge < -0.3 is 14.2 Å². The number of hydrogen-bond acceptors (Lipinski definition) is 7. The maximum Gasteiger partial charge on any atom is 0.309 e. The quantitative estimate of drug-likeness (QED) is 0.274. The summed E-state index contributed by atoms with van der Waals surface area (Å²) in [5, 5.41) is 0. The summed E-state index contributed by atoms with van der Waals surface area (Å²) in [7, 11) is -3.74. The molecule has 8 nitrogen and oxygen atoms in total. The van der Waals surface area contributed by atoms with E-state index in [0.717, 1.165) is 17.5 Å². The van der Waals surface area contributed by atoms with Gasteiger partial charge in [-0.1, -0.05) is 36.4 Å². The number of rotatable bonds is 6. The Morgan fingerprint density at radius 3 is 2.42 bits per heavy atom. The standard InChI is InChI=1S/C29H27NO7S/c31-26(22-6-5-21-15-20-3-1-2-4-24(20)25(21)16-22)18-37-29(32)19-9-11-30(12-10-19)38(33,34)23-7-8-27-28(17-23)36-14-13-35-27/h1-8,16-17,19H,9-15,18H2. The van der Waals surface area contributed by atoms with Crippen LogP contribution in [0.4, 0.5) is 0 Å². The van der Waals surface area contributed by atoms with Crippen molar-refractivity contribution in [2.24, 2.45) is 5.92 Å². The van der Waals surface area contributed by atoms with Gasteiger partial charge in [0.1, 0.15) is 13.2 Å². The number of piperidine rings is 1. The van der Waals surface area contributed by atoms with Gasteiger partial charge in [0.05, 0.1) is 10.8 Å². The Morgan fingerprint density at radius 2 is 1.61 bits per heavy atom. The van der Waals surface area contributed by atoms with Crippen molar-refractivity contribution in [3.05, 3.63) is 77.4 Å². The fourth-order valence-electron chi connectivity index (χ4n) is 5.30. The molecule has 0 amide bonds. The number of Topliss-reactive ketones (excluding diaryl/α,β-unsaturated/α-hetero) is 1. The summed E-state index contributed by atoms with van der Waals surface area (Å²) in [6.07, 6.45) is 1.50. The number of esters is 1. The van der Waals surface area contributed by atoms with Gasteiger partial charge in [-0.25, -0.2) is 8.42 Å². The number of sulfonamides is 1. The van der Waals surface area contributed by atoms with Gasteiger partial charge in [0.25, 0.3) is 0 Å². The maximum atomic E-state index is 13.1. The minimum atomic E-state index is -3.74. The highest BCUT2D eigenvalue weighted by Gasteiger charge is 2.34. The van der Waals surface area contributed by atoms with E-state index in [1.807, 2.05) is 24.3 Å². The molecule has 2 heterocycles. The zero-order valence-electron chi connectivity index (χ0n) is 20.7. The molecule has 0 radical (unpaired) electrons. The van der Waals surface area contributed by atoms with E-state index in [1.165, 1.54) is 27.6 Å². The van der Waals surface area contributed by atoms with Crippen molar-refractivity contribution < 1.29 is 32.2 Å². The Bertz CT molecular complexity index is 1520. The molecule has 1 aliphatic carbocycles. The third-order valence-corrected chi connectivity index (χ3v) is 9.30. The SMILES string of the molecule is O=C(COC(=O)C1CCN(S(=O)(=O)c2ccc3c(c2)OCCO3)CC1)c1ccc2c(c1)-c1ccccc1C2. The molecule has 196 valence electrons. The summed E-state index contributed by atoms with van der Waals surface area (Å²) in [6, 6.07) is 18.3. The minimum Gasteiger partial charge on any atom is -0.486 e.